The quantitative estimate of drug-likeness (QED) is 0.430. The summed E-state index contributed by atoms with van der Waals surface area (Å²) in [6.45, 7) is -0.0294. The Morgan fingerprint density at radius 3 is 2.11 bits per heavy atom. The summed E-state index contributed by atoms with van der Waals surface area (Å²) in [7, 11) is 1.49. The Morgan fingerprint density at radius 2 is 1.49 bits per heavy atom. The van der Waals surface area contributed by atoms with E-state index in [1.807, 2.05) is 30.3 Å². The van der Waals surface area contributed by atoms with E-state index in [2.05, 4.69) is 5.32 Å². The minimum atomic E-state index is -0.876. The highest BCUT2D eigenvalue weighted by Crippen LogP contribution is 2.23. The molecule has 3 aromatic carbocycles. The Hall–Kier alpha value is -4.33. The van der Waals surface area contributed by atoms with Gasteiger partial charge in [-0.1, -0.05) is 60.7 Å². The van der Waals surface area contributed by atoms with Crippen molar-refractivity contribution in [3.8, 4) is 0 Å². The summed E-state index contributed by atoms with van der Waals surface area (Å²) in [6.07, 6.45) is 0.438. The molecule has 4 amide bonds. The molecule has 0 bridgehead atoms. The number of likely N-dealkylation sites (N-methyl/N-ethyl adjacent to an activating group) is 1. The predicted molar refractivity (Wildman–Crippen MR) is 136 cm³/mol. The number of imide groups is 1. The lowest BCUT2D eigenvalue weighted by Crippen LogP contribution is -2.50. The molecule has 8 heteroatoms. The van der Waals surface area contributed by atoms with Crippen LogP contribution in [0.2, 0.25) is 0 Å². The van der Waals surface area contributed by atoms with Gasteiger partial charge in [0.25, 0.3) is 11.8 Å². The Labute approximate surface area is 214 Å². The van der Waals surface area contributed by atoms with E-state index in [9.17, 15) is 23.6 Å². The first kappa shape index (κ1) is 25.8. The molecule has 0 radical (unpaired) electrons. The van der Waals surface area contributed by atoms with Crippen LogP contribution in [0.4, 0.5) is 4.39 Å². The standard InChI is InChI=1S/C29H28FN3O4/c1-31-27(35)25(18-20-10-3-2-4-11-20)33(19-21-12-5-8-15-24(21)30)26(34)16-9-17-32-28(36)22-13-6-7-14-23(22)29(32)37/h2-8,10-15,25H,9,16-19H2,1H3,(H,31,35)/t25-/m1/s1. The number of carbonyl (C=O) groups is 4. The Kier molecular flexibility index (Phi) is 8.08. The normalized spacial score (nSPS) is 13.3. The molecule has 0 aliphatic carbocycles. The van der Waals surface area contributed by atoms with Crippen molar-refractivity contribution < 1.29 is 23.6 Å². The number of carbonyl (C=O) groups excluding carboxylic acids is 4. The molecule has 1 N–H and O–H groups in total. The van der Waals surface area contributed by atoms with Gasteiger partial charge in [-0.2, -0.15) is 0 Å². The van der Waals surface area contributed by atoms with Crippen LogP contribution in [0.5, 0.6) is 0 Å². The molecule has 7 nitrogen and oxygen atoms in total. The molecule has 3 aromatic rings. The van der Waals surface area contributed by atoms with Gasteiger partial charge in [0, 0.05) is 38.5 Å². The van der Waals surface area contributed by atoms with Gasteiger partial charge in [-0.05, 0) is 30.2 Å². The molecule has 1 aliphatic heterocycles. The van der Waals surface area contributed by atoms with E-state index in [1.54, 1.807) is 42.5 Å². The molecule has 190 valence electrons. The van der Waals surface area contributed by atoms with E-state index in [4.69, 9.17) is 0 Å². The molecule has 37 heavy (non-hydrogen) atoms. The van der Waals surface area contributed by atoms with E-state index in [0.717, 1.165) is 10.5 Å². The lowest BCUT2D eigenvalue weighted by Gasteiger charge is -2.31. The maximum Gasteiger partial charge on any atom is 0.261 e. The predicted octanol–water partition coefficient (Wildman–Crippen LogP) is 3.59. The van der Waals surface area contributed by atoms with Crippen LogP contribution in [0.25, 0.3) is 0 Å². The number of benzene rings is 3. The molecule has 0 unspecified atom stereocenters. The zero-order valence-corrected chi connectivity index (χ0v) is 20.5. The van der Waals surface area contributed by atoms with Crippen molar-refractivity contribution >= 4 is 23.6 Å². The Balaban J connectivity index is 1.52. The molecular formula is C29H28FN3O4. The van der Waals surface area contributed by atoms with Gasteiger partial charge >= 0.3 is 0 Å². The summed E-state index contributed by atoms with van der Waals surface area (Å²) >= 11 is 0. The van der Waals surface area contributed by atoms with Gasteiger partial charge in [-0.3, -0.25) is 24.1 Å². The summed E-state index contributed by atoms with van der Waals surface area (Å²) in [6, 6.07) is 21.2. The summed E-state index contributed by atoms with van der Waals surface area (Å²) in [5, 5.41) is 2.62. The van der Waals surface area contributed by atoms with Gasteiger partial charge in [0.05, 0.1) is 11.1 Å². The summed E-state index contributed by atoms with van der Waals surface area (Å²) < 4.78 is 14.5. The third kappa shape index (κ3) is 5.74. The Morgan fingerprint density at radius 1 is 0.892 bits per heavy atom. The van der Waals surface area contributed by atoms with E-state index in [1.165, 1.54) is 18.0 Å². The maximum absolute atomic E-state index is 14.5. The van der Waals surface area contributed by atoms with Gasteiger partial charge in [0.2, 0.25) is 11.8 Å². The van der Waals surface area contributed by atoms with Crippen LogP contribution < -0.4 is 5.32 Å². The van der Waals surface area contributed by atoms with Crippen molar-refractivity contribution in [2.75, 3.05) is 13.6 Å². The van der Waals surface area contributed by atoms with Gasteiger partial charge in [-0.15, -0.1) is 0 Å². The minimum Gasteiger partial charge on any atom is -0.357 e. The van der Waals surface area contributed by atoms with Crippen molar-refractivity contribution in [3.05, 3.63) is 107 Å². The van der Waals surface area contributed by atoms with Gasteiger partial charge in [-0.25, -0.2) is 4.39 Å². The lowest BCUT2D eigenvalue weighted by atomic mass is 10.0. The molecule has 0 spiro atoms. The van der Waals surface area contributed by atoms with Crippen molar-refractivity contribution in [2.45, 2.75) is 31.8 Å². The van der Waals surface area contributed by atoms with E-state index < -0.39 is 11.9 Å². The zero-order valence-electron chi connectivity index (χ0n) is 20.5. The minimum absolute atomic E-state index is 0.0237. The second-order valence-electron chi connectivity index (χ2n) is 8.84. The monoisotopic (exact) mass is 501 g/mol. The first-order valence-electron chi connectivity index (χ1n) is 12.1. The van der Waals surface area contributed by atoms with E-state index >= 15 is 0 Å². The second kappa shape index (κ2) is 11.6. The fourth-order valence-corrected chi connectivity index (χ4v) is 4.50. The van der Waals surface area contributed by atoms with Gasteiger partial charge in [0.15, 0.2) is 0 Å². The third-order valence-electron chi connectivity index (χ3n) is 6.47. The number of fused-ring (bicyclic) bond motifs is 1. The Bertz CT molecular complexity index is 1280. The number of rotatable bonds is 10. The molecule has 1 atom stereocenters. The first-order chi connectivity index (χ1) is 17.9. The smallest absolute Gasteiger partial charge is 0.261 e. The van der Waals surface area contributed by atoms with Crippen LogP contribution in [0, 0.1) is 5.82 Å². The lowest BCUT2D eigenvalue weighted by molar-refractivity contribution is -0.141. The molecule has 1 aliphatic rings. The van der Waals surface area contributed by atoms with Crippen LogP contribution in [0.3, 0.4) is 0 Å². The maximum atomic E-state index is 14.5. The van der Waals surface area contributed by atoms with E-state index in [0.29, 0.717) is 11.1 Å². The number of nitrogens with one attached hydrogen (secondary N) is 1. The van der Waals surface area contributed by atoms with Crippen LogP contribution in [0.15, 0.2) is 78.9 Å². The molecule has 1 heterocycles. The summed E-state index contributed by atoms with van der Waals surface area (Å²) in [5.74, 6) is -1.98. The summed E-state index contributed by atoms with van der Waals surface area (Å²) in [4.78, 5) is 54.3. The number of hydrogen-bond donors (Lipinski definition) is 1. The second-order valence-corrected chi connectivity index (χ2v) is 8.84. The van der Waals surface area contributed by atoms with Crippen LogP contribution in [-0.2, 0) is 22.6 Å². The largest absolute Gasteiger partial charge is 0.357 e. The van der Waals surface area contributed by atoms with Crippen molar-refractivity contribution in [1.29, 1.82) is 0 Å². The van der Waals surface area contributed by atoms with Crippen molar-refractivity contribution in [3.63, 3.8) is 0 Å². The molecule has 0 saturated heterocycles. The third-order valence-corrected chi connectivity index (χ3v) is 6.47. The number of halogens is 1. The van der Waals surface area contributed by atoms with Crippen LogP contribution in [-0.4, -0.2) is 53.1 Å². The van der Waals surface area contributed by atoms with Crippen LogP contribution >= 0.6 is 0 Å². The van der Waals surface area contributed by atoms with Crippen LogP contribution in [0.1, 0.15) is 44.7 Å². The molecule has 4 rings (SSSR count). The topological polar surface area (TPSA) is 86.8 Å². The first-order valence-corrected chi connectivity index (χ1v) is 12.1. The summed E-state index contributed by atoms with van der Waals surface area (Å²) in [5.41, 5.74) is 1.84. The average Bonchev–Trinajstić information content (AvgIpc) is 3.16. The fourth-order valence-electron chi connectivity index (χ4n) is 4.50. The highest BCUT2D eigenvalue weighted by molar-refractivity contribution is 6.21. The fraction of sp³-hybridized carbons (Fsp3) is 0.241. The van der Waals surface area contributed by atoms with Crippen molar-refractivity contribution in [2.24, 2.45) is 0 Å². The highest BCUT2D eigenvalue weighted by atomic mass is 19.1. The molecule has 0 saturated carbocycles. The van der Waals surface area contributed by atoms with Gasteiger partial charge in [0.1, 0.15) is 11.9 Å². The SMILES string of the molecule is CNC(=O)[C@@H](Cc1ccccc1)N(Cc1ccccc1F)C(=O)CCCN1C(=O)c2ccccc2C1=O. The van der Waals surface area contributed by atoms with Gasteiger partial charge < -0.3 is 10.2 Å². The van der Waals surface area contributed by atoms with Crippen molar-refractivity contribution in [1.82, 2.24) is 15.1 Å². The molecular weight excluding hydrogens is 473 g/mol. The zero-order chi connectivity index (χ0) is 26.4. The molecule has 0 fully saturated rings. The number of amides is 4. The van der Waals surface area contributed by atoms with E-state index in [-0.39, 0.29) is 61.5 Å². The molecule has 0 aromatic heterocycles. The number of hydrogen-bond acceptors (Lipinski definition) is 4. The highest BCUT2D eigenvalue weighted by Gasteiger charge is 2.35. The number of nitrogens with zero attached hydrogens (tertiary/aromatic N) is 2. The average molecular weight is 502 g/mol.